The molecule has 0 radical (unpaired) electrons. The Morgan fingerprint density at radius 2 is 2.00 bits per heavy atom. The van der Waals surface area contributed by atoms with Gasteiger partial charge in [0, 0.05) is 0 Å². The molecule has 1 aliphatic rings. The van der Waals surface area contributed by atoms with E-state index in [4.69, 9.17) is 15.0 Å². The van der Waals surface area contributed by atoms with E-state index in [2.05, 4.69) is 22.3 Å². The van der Waals surface area contributed by atoms with Crippen molar-refractivity contribution in [2.24, 2.45) is 5.73 Å². The molecule has 1 heterocycles. The number of nitrogens with zero attached hydrogens (tertiary/aromatic N) is 2. The van der Waals surface area contributed by atoms with Crippen LogP contribution >= 0.6 is 0 Å². The zero-order valence-corrected chi connectivity index (χ0v) is 12.5. The minimum atomic E-state index is -0.350. The molecule has 0 saturated heterocycles. The quantitative estimate of drug-likeness (QED) is 0.884. The first-order chi connectivity index (χ1) is 10.1. The SMILES string of the molecule is CC(C)OCC(N)c1noc(C2(c3ccccc3)CC2)n1. The molecule has 112 valence electrons. The summed E-state index contributed by atoms with van der Waals surface area (Å²) in [6.07, 6.45) is 2.22. The third kappa shape index (κ3) is 2.84. The third-order valence-corrected chi connectivity index (χ3v) is 3.87. The Morgan fingerprint density at radius 3 is 2.62 bits per heavy atom. The summed E-state index contributed by atoms with van der Waals surface area (Å²) >= 11 is 0. The van der Waals surface area contributed by atoms with Crippen molar-refractivity contribution < 1.29 is 9.26 Å². The van der Waals surface area contributed by atoms with E-state index in [9.17, 15) is 0 Å². The molecule has 5 heteroatoms. The second-order valence-corrected chi connectivity index (χ2v) is 5.89. The highest BCUT2D eigenvalue weighted by Crippen LogP contribution is 2.52. The van der Waals surface area contributed by atoms with Gasteiger partial charge in [-0.2, -0.15) is 4.98 Å². The molecular formula is C16H21N3O2. The lowest BCUT2D eigenvalue weighted by atomic mass is 9.96. The van der Waals surface area contributed by atoms with Gasteiger partial charge in [0.1, 0.15) is 0 Å². The van der Waals surface area contributed by atoms with E-state index in [0.29, 0.717) is 18.3 Å². The number of ether oxygens (including phenoxy) is 1. The lowest BCUT2D eigenvalue weighted by Gasteiger charge is -2.11. The highest BCUT2D eigenvalue weighted by Gasteiger charge is 2.51. The van der Waals surface area contributed by atoms with Gasteiger partial charge in [-0.3, -0.25) is 0 Å². The first-order valence-corrected chi connectivity index (χ1v) is 7.38. The molecule has 1 unspecified atom stereocenters. The summed E-state index contributed by atoms with van der Waals surface area (Å²) in [5, 5.41) is 4.03. The van der Waals surface area contributed by atoms with Crippen molar-refractivity contribution in [1.82, 2.24) is 10.1 Å². The Morgan fingerprint density at radius 1 is 1.29 bits per heavy atom. The van der Waals surface area contributed by atoms with Crippen LogP contribution in [0.15, 0.2) is 34.9 Å². The van der Waals surface area contributed by atoms with Crippen molar-refractivity contribution in [3.8, 4) is 0 Å². The normalized spacial score (nSPS) is 17.9. The highest BCUT2D eigenvalue weighted by atomic mass is 16.5. The summed E-state index contributed by atoms with van der Waals surface area (Å²) in [4.78, 5) is 4.52. The fraction of sp³-hybridized carbons (Fsp3) is 0.500. The Bertz CT molecular complexity index is 591. The zero-order valence-electron chi connectivity index (χ0n) is 12.5. The molecule has 0 amide bonds. The van der Waals surface area contributed by atoms with Crippen molar-refractivity contribution in [2.45, 2.75) is 44.2 Å². The monoisotopic (exact) mass is 287 g/mol. The van der Waals surface area contributed by atoms with Crippen LogP contribution in [0, 0.1) is 0 Å². The maximum Gasteiger partial charge on any atom is 0.237 e. The Labute approximate surface area is 124 Å². The van der Waals surface area contributed by atoms with Crippen molar-refractivity contribution >= 4 is 0 Å². The average Bonchev–Trinajstić information content (AvgIpc) is 3.16. The minimum absolute atomic E-state index is 0.106. The molecule has 1 atom stereocenters. The van der Waals surface area contributed by atoms with Gasteiger partial charge in [-0.1, -0.05) is 35.5 Å². The molecule has 21 heavy (non-hydrogen) atoms. The molecule has 0 spiro atoms. The van der Waals surface area contributed by atoms with Crippen LogP contribution in [0.1, 0.15) is 50.0 Å². The van der Waals surface area contributed by atoms with Gasteiger partial charge in [0.25, 0.3) is 0 Å². The maximum absolute atomic E-state index is 6.05. The van der Waals surface area contributed by atoms with E-state index < -0.39 is 0 Å². The van der Waals surface area contributed by atoms with Crippen LogP contribution in [-0.4, -0.2) is 22.9 Å². The summed E-state index contributed by atoms with van der Waals surface area (Å²) in [6, 6.07) is 9.95. The molecule has 0 bridgehead atoms. The van der Waals surface area contributed by atoms with E-state index in [0.717, 1.165) is 12.8 Å². The molecule has 0 aliphatic heterocycles. The third-order valence-electron chi connectivity index (χ3n) is 3.87. The van der Waals surface area contributed by atoms with Gasteiger partial charge in [-0.15, -0.1) is 0 Å². The molecule has 2 aromatic rings. The Balaban J connectivity index is 1.76. The molecule has 1 fully saturated rings. The maximum atomic E-state index is 6.05. The fourth-order valence-corrected chi connectivity index (χ4v) is 2.46. The van der Waals surface area contributed by atoms with Crippen LogP contribution in [0.4, 0.5) is 0 Å². The van der Waals surface area contributed by atoms with Gasteiger partial charge >= 0.3 is 0 Å². The van der Waals surface area contributed by atoms with Crippen LogP contribution < -0.4 is 5.73 Å². The summed E-state index contributed by atoms with van der Waals surface area (Å²) in [5.74, 6) is 1.19. The zero-order chi connectivity index (χ0) is 14.9. The lowest BCUT2D eigenvalue weighted by molar-refractivity contribution is 0.0665. The van der Waals surface area contributed by atoms with E-state index >= 15 is 0 Å². The van der Waals surface area contributed by atoms with Crippen LogP contribution in [0.5, 0.6) is 0 Å². The molecular weight excluding hydrogens is 266 g/mol. The fourth-order valence-electron chi connectivity index (χ4n) is 2.46. The topological polar surface area (TPSA) is 74.2 Å². The molecule has 3 rings (SSSR count). The first kappa shape index (κ1) is 14.2. The van der Waals surface area contributed by atoms with Crippen LogP contribution in [0.25, 0.3) is 0 Å². The number of hydrogen-bond donors (Lipinski definition) is 1. The molecule has 1 aliphatic carbocycles. The van der Waals surface area contributed by atoms with Crippen LogP contribution in [0.3, 0.4) is 0 Å². The van der Waals surface area contributed by atoms with E-state index in [-0.39, 0.29) is 17.6 Å². The summed E-state index contributed by atoms with van der Waals surface area (Å²) in [7, 11) is 0. The molecule has 2 N–H and O–H groups in total. The van der Waals surface area contributed by atoms with Crippen molar-refractivity contribution in [3.05, 3.63) is 47.6 Å². The van der Waals surface area contributed by atoms with Crippen molar-refractivity contribution in [2.75, 3.05) is 6.61 Å². The van der Waals surface area contributed by atoms with Gasteiger partial charge in [-0.05, 0) is 32.3 Å². The Hall–Kier alpha value is -1.72. The second kappa shape index (κ2) is 5.58. The van der Waals surface area contributed by atoms with E-state index in [1.165, 1.54) is 5.56 Å². The van der Waals surface area contributed by atoms with Crippen molar-refractivity contribution in [3.63, 3.8) is 0 Å². The predicted octanol–water partition coefficient (Wildman–Crippen LogP) is 2.57. The number of aromatic nitrogens is 2. The molecule has 1 saturated carbocycles. The summed E-state index contributed by atoms with van der Waals surface area (Å²) in [6.45, 7) is 4.35. The van der Waals surface area contributed by atoms with Gasteiger partial charge in [-0.25, -0.2) is 0 Å². The van der Waals surface area contributed by atoms with Crippen LogP contribution in [-0.2, 0) is 10.2 Å². The van der Waals surface area contributed by atoms with Gasteiger partial charge < -0.3 is 15.0 Å². The number of rotatable bonds is 6. The smallest absolute Gasteiger partial charge is 0.237 e. The van der Waals surface area contributed by atoms with Crippen molar-refractivity contribution in [1.29, 1.82) is 0 Å². The van der Waals surface area contributed by atoms with Gasteiger partial charge in [0.05, 0.1) is 24.2 Å². The summed E-state index contributed by atoms with van der Waals surface area (Å²) in [5.41, 5.74) is 7.17. The molecule has 1 aromatic heterocycles. The first-order valence-electron chi connectivity index (χ1n) is 7.38. The summed E-state index contributed by atoms with van der Waals surface area (Å²) < 4.78 is 11.0. The molecule has 5 nitrogen and oxygen atoms in total. The van der Waals surface area contributed by atoms with E-state index in [1.54, 1.807) is 0 Å². The number of benzene rings is 1. The van der Waals surface area contributed by atoms with Gasteiger partial charge in [0.15, 0.2) is 5.82 Å². The Kier molecular flexibility index (Phi) is 3.78. The predicted molar refractivity (Wildman–Crippen MR) is 78.8 cm³/mol. The highest BCUT2D eigenvalue weighted by molar-refractivity contribution is 5.38. The lowest BCUT2D eigenvalue weighted by Crippen LogP contribution is -2.21. The average molecular weight is 287 g/mol. The second-order valence-electron chi connectivity index (χ2n) is 5.89. The van der Waals surface area contributed by atoms with Crippen LogP contribution in [0.2, 0.25) is 0 Å². The van der Waals surface area contributed by atoms with E-state index in [1.807, 2.05) is 32.0 Å². The number of hydrogen-bond acceptors (Lipinski definition) is 5. The standard InChI is InChI=1S/C16H21N3O2/c1-11(2)20-10-13(17)14-18-15(21-19-14)16(8-9-16)12-6-4-3-5-7-12/h3-7,11,13H,8-10,17H2,1-2H3. The number of nitrogens with two attached hydrogens (primary N) is 1. The largest absolute Gasteiger partial charge is 0.377 e. The molecule has 1 aromatic carbocycles. The van der Waals surface area contributed by atoms with Gasteiger partial charge in [0.2, 0.25) is 5.89 Å². The minimum Gasteiger partial charge on any atom is -0.377 e.